The normalized spacial score (nSPS) is 20.9. The summed E-state index contributed by atoms with van der Waals surface area (Å²) in [5.41, 5.74) is 0.571. The standard InChI is InChI=1S/C22H19ClF3N4OPS/c23-17-7-4-15(5-8-17)20(31)30-19-14-16(22(24,25)26)6-9-18(19)29-13-10-27-21(29)32(30,33)28-11-2-1-3-12-28/h4-10,13-14H,1-3,11-12H2. The molecule has 0 spiro atoms. The molecule has 2 aliphatic heterocycles. The molecule has 172 valence electrons. The number of piperidine rings is 1. The van der Waals surface area contributed by atoms with Crippen molar-refractivity contribution in [2.45, 2.75) is 25.4 Å². The van der Waals surface area contributed by atoms with Crippen molar-refractivity contribution in [3.05, 3.63) is 71.0 Å². The molecule has 1 unspecified atom stereocenters. The number of fused-ring (bicyclic) bond motifs is 3. The summed E-state index contributed by atoms with van der Waals surface area (Å²) in [6, 6.07) is 9.71. The summed E-state index contributed by atoms with van der Waals surface area (Å²) in [6.45, 7) is 1.31. The summed E-state index contributed by atoms with van der Waals surface area (Å²) in [4.78, 5) is 18.4. The number of nitrogens with zero attached hydrogens (tertiary/aromatic N) is 4. The zero-order chi connectivity index (χ0) is 23.4. The summed E-state index contributed by atoms with van der Waals surface area (Å²) < 4.78 is 46.2. The molecule has 11 heteroatoms. The van der Waals surface area contributed by atoms with Gasteiger partial charge in [-0.3, -0.25) is 18.7 Å². The Hall–Kier alpha value is -2.19. The predicted molar refractivity (Wildman–Crippen MR) is 126 cm³/mol. The van der Waals surface area contributed by atoms with Gasteiger partial charge in [-0.2, -0.15) is 13.2 Å². The summed E-state index contributed by atoms with van der Waals surface area (Å²) in [6.07, 6.45) is -1.52. The molecule has 2 aliphatic rings. The number of aromatic nitrogens is 2. The van der Waals surface area contributed by atoms with Crippen molar-refractivity contribution in [3.8, 4) is 5.69 Å². The molecular weight excluding hydrogens is 492 g/mol. The quantitative estimate of drug-likeness (QED) is 0.419. The number of alkyl halides is 3. The van der Waals surface area contributed by atoms with E-state index >= 15 is 0 Å². The lowest BCUT2D eigenvalue weighted by atomic mass is 10.1. The minimum atomic E-state index is -4.56. The molecule has 3 heterocycles. The summed E-state index contributed by atoms with van der Waals surface area (Å²) in [5.74, 6) is -0.463. The molecule has 1 fully saturated rings. The molecule has 0 radical (unpaired) electrons. The number of anilines is 1. The van der Waals surface area contributed by atoms with Crippen LogP contribution in [0.25, 0.3) is 5.69 Å². The van der Waals surface area contributed by atoms with Gasteiger partial charge in [0.2, 0.25) is 0 Å². The van der Waals surface area contributed by atoms with Crippen molar-refractivity contribution in [1.29, 1.82) is 0 Å². The first kappa shape index (κ1) is 22.6. The van der Waals surface area contributed by atoms with Gasteiger partial charge in [0.05, 0.1) is 16.9 Å². The lowest BCUT2D eigenvalue weighted by Gasteiger charge is -2.46. The van der Waals surface area contributed by atoms with Crippen LogP contribution in [0.2, 0.25) is 5.02 Å². The molecule has 2 aromatic carbocycles. The highest BCUT2D eigenvalue weighted by Crippen LogP contribution is 2.59. The van der Waals surface area contributed by atoms with Crippen molar-refractivity contribution in [2.75, 3.05) is 17.8 Å². The van der Waals surface area contributed by atoms with E-state index in [-0.39, 0.29) is 5.69 Å². The monoisotopic (exact) mass is 510 g/mol. The van der Waals surface area contributed by atoms with E-state index in [1.807, 2.05) is 0 Å². The van der Waals surface area contributed by atoms with Gasteiger partial charge in [0.25, 0.3) is 5.91 Å². The molecule has 1 aromatic heterocycles. The number of carbonyl (C=O) groups is 1. The zero-order valence-corrected chi connectivity index (χ0v) is 19.8. The number of imidazole rings is 1. The van der Waals surface area contributed by atoms with Gasteiger partial charge >= 0.3 is 6.18 Å². The number of halogens is 4. The third-order valence-electron chi connectivity index (χ3n) is 5.94. The van der Waals surface area contributed by atoms with E-state index in [2.05, 4.69) is 9.65 Å². The second kappa shape index (κ2) is 8.24. The van der Waals surface area contributed by atoms with Crippen LogP contribution >= 0.6 is 17.9 Å². The van der Waals surface area contributed by atoms with Crippen LogP contribution in [0.3, 0.4) is 0 Å². The van der Waals surface area contributed by atoms with Gasteiger partial charge in [-0.15, -0.1) is 0 Å². The fourth-order valence-electron chi connectivity index (χ4n) is 4.36. The summed E-state index contributed by atoms with van der Waals surface area (Å²) >= 11 is 12.3. The third-order valence-corrected chi connectivity index (χ3v) is 10.8. The van der Waals surface area contributed by atoms with Crippen LogP contribution in [-0.2, 0) is 18.0 Å². The van der Waals surface area contributed by atoms with Crippen molar-refractivity contribution in [1.82, 2.24) is 14.2 Å². The van der Waals surface area contributed by atoms with E-state index in [1.165, 1.54) is 10.7 Å². The average molecular weight is 511 g/mol. The topological polar surface area (TPSA) is 41.4 Å². The first-order valence-corrected chi connectivity index (χ1v) is 13.5. The minimum absolute atomic E-state index is 0.143. The van der Waals surface area contributed by atoms with Crippen LogP contribution in [0.1, 0.15) is 35.2 Å². The minimum Gasteiger partial charge on any atom is -0.295 e. The molecule has 0 bridgehead atoms. The number of rotatable bonds is 2. The van der Waals surface area contributed by atoms with Gasteiger partial charge in [-0.1, -0.05) is 18.0 Å². The Kier molecular flexibility index (Phi) is 5.64. The number of hydrogen-bond donors (Lipinski definition) is 0. The van der Waals surface area contributed by atoms with E-state index in [1.54, 1.807) is 41.2 Å². The maximum Gasteiger partial charge on any atom is 0.416 e. The molecule has 0 aliphatic carbocycles. The van der Waals surface area contributed by atoms with Crippen LogP contribution in [0, 0.1) is 0 Å². The van der Waals surface area contributed by atoms with E-state index in [0.29, 0.717) is 34.9 Å². The van der Waals surface area contributed by atoms with Gasteiger partial charge in [0, 0.05) is 36.1 Å². The molecule has 1 amide bonds. The first-order chi connectivity index (χ1) is 15.7. The Bertz CT molecular complexity index is 1270. The lowest BCUT2D eigenvalue weighted by molar-refractivity contribution is -0.137. The van der Waals surface area contributed by atoms with Crippen molar-refractivity contribution in [3.63, 3.8) is 0 Å². The summed E-state index contributed by atoms with van der Waals surface area (Å²) in [5, 5.41) is 0.455. The van der Waals surface area contributed by atoms with Crippen LogP contribution < -0.4 is 10.2 Å². The van der Waals surface area contributed by atoms with Crippen molar-refractivity contribution in [2.24, 2.45) is 0 Å². The highest BCUT2D eigenvalue weighted by atomic mass is 35.5. The maximum absolute atomic E-state index is 13.9. The Morgan fingerprint density at radius 3 is 2.39 bits per heavy atom. The van der Waals surface area contributed by atoms with Crippen LogP contribution in [-0.4, -0.2) is 33.2 Å². The molecule has 1 saturated heterocycles. The number of carbonyl (C=O) groups excluding carboxylic acids is 1. The van der Waals surface area contributed by atoms with Gasteiger partial charge in [0.15, 0.2) is 11.9 Å². The fraction of sp³-hybridized carbons (Fsp3) is 0.273. The molecule has 5 rings (SSSR count). The third kappa shape index (κ3) is 3.71. The van der Waals surface area contributed by atoms with Crippen LogP contribution in [0.15, 0.2) is 54.9 Å². The molecule has 5 nitrogen and oxygen atoms in total. The molecule has 3 aromatic rings. The molecule has 0 N–H and O–H groups in total. The SMILES string of the molecule is O=C(c1ccc(Cl)cc1)N1c2cc(C(F)(F)F)ccc2-n2ccnc2P1(=S)N1CCCCC1. The van der Waals surface area contributed by atoms with Gasteiger partial charge in [0.1, 0.15) is 0 Å². The van der Waals surface area contributed by atoms with Gasteiger partial charge < -0.3 is 0 Å². The second-order valence-electron chi connectivity index (χ2n) is 7.98. The van der Waals surface area contributed by atoms with Crippen LogP contribution in [0.5, 0.6) is 0 Å². The van der Waals surface area contributed by atoms with E-state index < -0.39 is 24.0 Å². The van der Waals surface area contributed by atoms with Crippen molar-refractivity contribution >= 4 is 46.9 Å². The molecule has 1 atom stereocenters. The first-order valence-electron chi connectivity index (χ1n) is 10.4. The van der Waals surface area contributed by atoms with Gasteiger partial charge in [-0.25, -0.2) is 4.98 Å². The second-order valence-corrected chi connectivity index (χ2v) is 12.4. The smallest absolute Gasteiger partial charge is 0.295 e. The highest BCUT2D eigenvalue weighted by molar-refractivity contribution is 8.18. The van der Waals surface area contributed by atoms with Crippen molar-refractivity contribution < 1.29 is 18.0 Å². The molecule has 0 saturated carbocycles. The molecular formula is C22H19ClF3N4OPS. The zero-order valence-electron chi connectivity index (χ0n) is 17.3. The van der Waals surface area contributed by atoms with E-state index in [9.17, 15) is 18.0 Å². The lowest BCUT2D eigenvalue weighted by Crippen LogP contribution is -2.47. The largest absolute Gasteiger partial charge is 0.416 e. The van der Waals surface area contributed by atoms with Gasteiger partial charge in [-0.05, 0) is 67.1 Å². The predicted octanol–water partition coefficient (Wildman–Crippen LogP) is 5.63. The van der Waals surface area contributed by atoms with E-state index in [0.717, 1.165) is 31.4 Å². The fourth-order valence-corrected chi connectivity index (χ4v) is 8.86. The number of benzene rings is 2. The maximum atomic E-state index is 13.9. The van der Waals surface area contributed by atoms with E-state index in [4.69, 9.17) is 23.4 Å². The Labute approximate surface area is 198 Å². The highest BCUT2D eigenvalue weighted by Gasteiger charge is 2.47. The Morgan fingerprint density at radius 2 is 1.73 bits per heavy atom. The Balaban J connectivity index is 1.77. The molecule has 33 heavy (non-hydrogen) atoms. The number of amides is 1. The summed E-state index contributed by atoms with van der Waals surface area (Å²) in [7, 11) is 0. The average Bonchev–Trinajstić information content (AvgIpc) is 3.30. The Morgan fingerprint density at radius 1 is 1.03 bits per heavy atom. The van der Waals surface area contributed by atoms with Crippen LogP contribution in [0.4, 0.5) is 18.9 Å². The number of hydrogen-bond acceptors (Lipinski definition) is 3.